The Balaban J connectivity index is 1.65. The smallest absolute Gasteiger partial charge is 0.263 e. The molecule has 1 aromatic heterocycles. The van der Waals surface area contributed by atoms with Crippen molar-refractivity contribution in [3.8, 4) is 0 Å². The molecule has 0 radical (unpaired) electrons. The van der Waals surface area contributed by atoms with Gasteiger partial charge in [-0.05, 0) is 42.5 Å². The predicted octanol–water partition coefficient (Wildman–Crippen LogP) is 5.57. The molecule has 1 amide bonds. The highest BCUT2D eigenvalue weighted by Gasteiger charge is 2.34. The molecule has 1 N–H and O–H groups in total. The second-order valence-electron chi connectivity index (χ2n) is 6.08. The summed E-state index contributed by atoms with van der Waals surface area (Å²) < 4.78 is 14.1. The van der Waals surface area contributed by atoms with Gasteiger partial charge in [0.2, 0.25) is 0 Å². The Morgan fingerprint density at radius 3 is 2.67 bits per heavy atom. The Hall–Kier alpha value is -1.91. The predicted molar refractivity (Wildman–Crippen MR) is 96.2 cm³/mol. The van der Waals surface area contributed by atoms with Crippen molar-refractivity contribution in [1.82, 2.24) is 5.32 Å². The van der Waals surface area contributed by atoms with Gasteiger partial charge in [0.05, 0.1) is 11.1 Å². The summed E-state index contributed by atoms with van der Waals surface area (Å²) in [6, 6.07) is 14.4. The van der Waals surface area contributed by atoms with E-state index in [1.54, 1.807) is 6.07 Å². The van der Waals surface area contributed by atoms with E-state index in [1.165, 1.54) is 23.5 Å². The van der Waals surface area contributed by atoms with E-state index >= 15 is 0 Å². The van der Waals surface area contributed by atoms with E-state index in [0.717, 1.165) is 23.8 Å². The molecule has 1 fully saturated rings. The van der Waals surface area contributed by atoms with Gasteiger partial charge in [0, 0.05) is 10.1 Å². The number of hydrogen-bond donors (Lipinski definition) is 1. The van der Waals surface area contributed by atoms with Crippen LogP contribution in [0.2, 0.25) is 5.02 Å². The number of nitrogens with one attached hydrogen (secondary N) is 1. The van der Waals surface area contributed by atoms with Crippen molar-refractivity contribution in [3.63, 3.8) is 0 Å². The monoisotopic (exact) mass is 359 g/mol. The first-order valence-corrected chi connectivity index (χ1v) is 9.06. The maximum Gasteiger partial charge on any atom is 0.263 e. The number of amides is 1. The van der Waals surface area contributed by atoms with Gasteiger partial charge in [-0.15, -0.1) is 11.3 Å². The lowest BCUT2D eigenvalue weighted by Gasteiger charge is -2.18. The normalized spacial score (nSPS) is 15.4. The molecule has 0 saturated heterocycles. The molecule has 5 heteroatoms. The number of carbonyl (C=O) groups excluding carboxylic acids is 1. The molecule has 2 nitrogen and oxygen atoms in total. The van der Waals surface area contributed by atoms with Gasteiger partial charge in [-0.3, -0.25) is 4.79 Å². The summed E-state index contributed by atoms with van der Waals surface area (Å²) in [6.45, 7) is 0. The second kappa shape index (κ2) is 6.19. The van der Waals surface area contributed by atoms with Gasteiger partial charge in [-0.1, -0.05) is 41.9 Å². The van der Waals surface area contributed by atoms with Crippen LogP contribution in [0.1, 0.15) is 34.1 Å². The molecule has 24 heavy (non-hydrogen) atoms. The lowest BCUT2D eigenvalue weighted by molar-refractivity contribution is 0.0936. The zero-order valence-corrected chi connectivity index (χ0v) is 14.3. The fraction of sp³-hybridized carbons (Fsp3) is 0.211. The molecule has 1 aliphatic carbocycles. The van der Waals surface area contributed by atoms with Crippen LogP contribution in [0.5, 0.6) is 0 Å². The van der Waals surface area contributed by atoms with Crippen LogP contribution in [0, 0.1) is 11.7 Å². The van der Waals surface area contributed by atoms with Gasteiger partial charge in [0.1, 0.15) is 10.7 Å². The Kier molecular flexibility index (Phi) is 4.02. The number of carbonyl (C=O) groups is 1. The lowest BCUT2D eigenvalue weighted by atomic mass is 10.0. The molecule has 122 valence electrons. The van der Waals surface area contributed by atoms with Crippen molar-refractivity contribution in [3.05, 3.63) is 69.8 Å². The Bertz CT molecular complexity index is 904. The summed E-state index contributed by atoms with van der Waals surface area (Å²) in [5.74, 6) is -0.0446. The number of fused-ring (bicyclic) bond motifs is 1. The number of halogens is 2. The van der Waals surface area contributed by atoms with Crippen LogP contribution >= 0.6 is 22.9 Å². The summed E-state index contributed by atoms with van der Waals surface area (Å²) in [7, 11) is 0. The lowest BCUT2D eigenvalue weighted by Crippen LogP contribution is -2.29. The second-order valence-corrected chi connectivity index (χ2v) is 7.52. The largest absolute Gasteiger partial charge is 0.344 e. The first-order chi connectivity index (χ1) is 11.6. The minimum Gasteiger partial charge on any atom is -0.344 e. The van der Waals surface area contributed by atoms with E-state index in [1.807, 2.05) is 30.3 Å². The summed E-state index contributed by atoms with van der Waals surface area (Å²) in [5.41, 5.74) is 1.11. The summed E-state index contributed by atoms with van der Waals surface area (Å²) in [5, 5.41) is 4.24. The van der Waals surface area contributed by atoms with Crippen molar-refractivity contribution in [2.24, 2.45) is 5.92 Å². The maximum absolute atomic E-state index is 13.4. The van der Waals surface area contributed by atoms with Crippen LogP contribution in [0.4, 0.5) is 4.39 Å². The van der Waals surface area contributed by atoms with Gasteiger partial charge < -0.3 is 5.32 Å². The molecule has 2 aromatic carbocycles. The Morgan fingerprint density at radius 2 is 1.96 bits per heavy atom. The standard InChI is InChI=1S/C19H15ClFNOS/c20-16-14-9-8-13(21)10-15(14)24-18(16)19(23)22-17(12-6-7-12)11-4-2-1-3-5-11/h1-5,8-10,12,17H,6-7H2,(H,22,23). The van der Waals surface area contributed by atoms with Crippen molar-refractivity contribution in [1.29, 1.82) is 0 Å². The van der Waals surface area contributed by atoms with E-state index in [2.05, 4.69) is 5.32 Å². The molecule has 1 atom stereocenters. The van der Waals surface area contributed by atoms with Gasteiger partial charge in [0.15, 0.2) is 0 Å². The zero-order chi connectivity index (χ0) is 16.7. The fourth-order valence-corrected chi connectivity index (χ4v) is 4.40. The molecule has 0 spiro atoms. The molecule has 0 bridgehead atoms. The molecular weight excluding hydrogens is 345 g/mol. The molecule has 4 rings (SSSR count). The molecule has 1 heterocycles. The third-order valence-electron chi connectivity index (χ3n) is 4.34. The van der Waals surface area contributed by atoms with Crippen LogP contribution in [0.3, 0.4) is 0 Å². The maximum atomic E-state index is 13.4. The van der Waals surface area contributed by atoms with E-state index in [0.29, 0.717) is 20.5 Å². The quantitative estimate of drug-likeness (QED) is 0.647. The highest BCUT2D eigenvalue weighted by molar-refractivity contribution is 7.21. The minimum atomic E-state index is -0.326. The van der Waals surface area contributed by atoms with Gasteiger partial charge in [-0.25, -0.2) is 4.39 Å². The number of rotatable bonds is 4. The number of benzene rings is 2. The van der Waals surface area contributed by atoms with Gasteiger partial charge >= 0.3 is 0 Å². The van der Waals surface area contributed by atoms with Gasteiger partial charge in [-0.2, -0.15) is 0 Å². The third-order valence-corrected chi connectivity index (χ3v) is 5.99. The summed E-state index contributed by atoms with van der Waals surface area (Å²) in [4.78, 5) is 13.2. The highest BCUT2D eigenvalue weighted by Crippen LogP contribution is 2.42. The summed E-state index contributed by atoms with van der Waals surface area (Å²) in [6.07, 6.45) is 2.23. The first kappa shape index (κ1) is 15.6. The molecular formula is C19H15ClFNOS. The van der Waals surface area contributed by atoms with E-state index in [9.17, 15) is 9.18 Å². The average molecular weight is 360 g/mol. The minimum absolute atomic E-state index is 0.00304. The van der Waals surface area contributed by atoms with E-state index in [4.69, 9.17) is 11.6 Å². The van der Waals surface area contributed by atoms with Gasteiger partial charge in [0.25, 0.3) is 5.91 Å². The summed E-state index contributed by atoms with van der Waals surface area (Å²) >= 11 is 7.59. The topological polar surface area (TPSA) is 29.1 Å². The van der Waals surface area contributed by atoms with Crippen molar-refractivity contribution in [2.75, 3.05) is 0 Å². The van der Waals surface area contributed by atoms with Crippen molar-refractivity contribution < 1.29 is 9.18 Å². The molecule has 1 unspecified atom stereocenters. The van der Waals surface area contributed by atoms with Crippen LogP contribution in [-0.4, -0.2) is 5.91 Å². The first-order valence-electron chi connectivity index (χ1n) is 7.87. The van der Waals surface area contributed by atoms with Crippen LogP contribution in [-0.2, 0) is 0 Å². The van der Waals surface area contributed by atoms with Crippen LogP contribution in [0.25, 0.3) is 10.1 Å². The number of hydrogen-bond acceptors (Lipinski definition) is 2. The SMILES string of the molecule is O=C(NC(c1ccccc1)C1CC1)c1sc2cc(F)ccc2c1Cl. The Morgan fingerprint density at radius 1 is 1.21 bits per heavy atom. The molecule has 1 aliphatic rings. The molecule has 0 aliphatic heterocycles. The third kappa shape index (κ3) is 2.92. The number of thiophene rings is 1. The molecule has 3 aromatic rings. The highest BCUT2D eigenvalue weighted by atomic mass is 35.5. The van der Waals surface area contributed by atoms with E-state index in [-0.39, 0.29) is 17.8 Å². The Labute approximate surface area is 148 Å². The average Bonchev–Trinajstić information content (AvgIpc) is 3.37. The van der Waals surface area contributed by atoms with E-state index < -0.39 is 0 Å². The molecule has 1 saturated carbocycles. The van der Waals surface area contributed by atoms with Crippen LogP contribution < -0.4 is 5.32 Å². The van der Waals surface area contributed by atoms with Crippen molar-refractivity contribution >= 4 is 38.9 Å². The fourth-order valence-electron chi connectivity index (χ4n) is 2.96. The van der Waals surface area contributed by atoms with Crippen molar-refractivity contribution in [2.45, 2.75) is 18.9 Å². The van der Waals surface area contributed by atoms with Crippen LogP contribution in [0.15, 0.2) is 48.5 Å². The zero-order valence-electron chi connectivity index (χ0n) is 12.8.